The zero-order valence-electron chi connectivity index (χ0n) is 10.4. The summed E-state index contributed by atoms with van der Waals surface area (Å²) in [5, 5.41) is 11.7. The van der Waals surface area contributed by atoms with Crippen LogP contribution in [0.5, 0.6) is 0 Å². The molecule has 2 N–H and O–H groups in total. The number of rotatable bonds is 4. The van der Waals surface area contributed by atoms with E-state index in [2.05, 4.69) is 10.3 Å². The minimum atomic E-state index is -0.962. The van der Waals surface area contributed by atoms with Crippen LogP contribution in [-0.4, -0.2) is 28.0 Å². The standard InChI is InChI=1S/C12H15ClN2O3/c1-6-4-10(13)9(5-14-6)11(16)15-8(3)7(2)12(17)18/h4-5,7-8H,1-3H3,(H,15,16)(H,17,18). The molecular weight excluding hydrogens is 256 g/mol. The third-order valence-corrected chi connectivity index (χ3v) is 3.05. The van der Waals surface area contributed by atoms with E-state index in [1.54, 1.807) is 19.9 Å². The van der Waals surface area contributed by atoms with Gasteiger partial charge in [-0.2, -0.15) is 0 Å². The van der Waals surface area contributed by atoms with Gasteiger partial charge in [0.05, 0.1) is 16.5 Å². The lowest BCUT2D eigenvalue weighted by Gasteiger charge is -2.18. The van der Waals surface area contributed by atoms with Crippen molar-refractivity contribution in [2.24, 2.45) is 5.92 Å². The van der Waals surface area contributed by atoms with Crippen LogP contribution >= 0.6 is 11.6 Å². The van der Waals surface area contributed by atoms with Crippen LogP contribution in [0.25, 0.3) is 0 Å². The number of aryl methyl sites for hydroxylation is 1. The van der Waals surface area contributed by atoms with Crippen molar-refractivity contribution < 1.29 is 14.7 Å². The maximum atomic E-state index is 11.9. The van der Waals surface area contributed by atoms with Gasteiger partial charge in [-0.1, -0.05) is 11.6 Å². The van der Waals surface area contributed by atoms with Gasteiger partial charge in [-0.25, -0.2) is 0 Å². The van der Waals surface area contributed by atoms with Crippen molar-refractivity contribution in [3.63, 3.8) is 0 Å². The molecule has 18 heavy (non-hydrogen) atoms. The van der Waals surface area contributed by atoms with Crippen LogP contribution in [0.15, 0.2) is 12.3 Å². The van der Waals surface area contributed by atoms with Crippen molar-refractivity contribution >= 4 is 23.5 Å². The number of carbonyl (C=O) groups is 2. The number of carbonyl (C=O) groups excluding carboxylic acids is 1. The summed E-state index contributed by atoms with van der Waals surface area (Å²) < 4.78 is 0. The fraction of sp³-hybridized carbons (Fsp3) is 0.417. The van der Waals surface area contributed by atoms with Crippen LogP contribution in [0.4, 0.5) is 0 Å². The number of carboxylic acids is 1. The van der Waals surface area contributed by atoms with Gasteiger partial charge in [0.25, 0.3) is 5.91 Å². The molecule has 98 valence electrons. The van der Waals surface area contributed by atoms with Crippen LogP contribution in [-0.2, 0) is 4.79 Å². The number of pyridine rings is 1. The summed E-state index contributed by atoms with van der Waals surface area (Å²) in [4.78, 5) is 26.7. The SMILES string of the molecule is Cc1cc(Cl)c(C(=O)NC(C)C(C)C(=O)O)cn1. The van der Waals surface area contributed by atoms with Gasteiger partial charge in [-0.05, 0) is 26.8 Å². The van der Waals surface area contributed by atoms with Crippen molar-refractivity contribution in [3.8, 4) is 0 Å². The van der Waals surface area contributed by atoms with Crippen molar-refractivity contribution in [1.82, 2.24) is 10.3 Å². The first kappa shape index (κ1) is 14.4. The van der Waals surface area contributed by atoms with E-state index in [-0.39, 0.29) is 5.56 Å². The Bertz CT molecular complexity index is 476. The summed E-state index contributed by atoms with van der Waals surface area (Å²) in [6, 6.07) is 1.09. The Morgan fingerprint density at radius 3 is 2.56 bits per heavy atom. The lowest BCUT2D eigenvalue weighted by molar-refractivity contribution is -0.141. The number of carboxylic acid groups (broad SMARTS) is 1. The summed E-state index contributed by atoms with van der Waals surface area (Å²) in [5.41, 5.74) is 0.954. The number of aromatic nitrogens is 1. The molecule has 0 saturated carbocycles. The Balaban J connectivity index is 2.79. The van der Waals surface area contributed by atoms with Gasteiger partial charge in [0.2, 0.25) is 0 Å². The molecule has 6 heteroatoms. The lowest BCUT2D eigenvalue weighted by atomic mass is 10.0. The molecule has 0 aliphatic carbocycles. The molecule has 1 heterocycles. The second kappa shape index (κ2) is 5.82. The maximum absolute atomic E-state index is 11.9. The van der Waals surface area contributed by atoms with E-state index >= 15 is 0 Å². The summed E-state index contributed by atoms with van der Waals surface area (Å²) in [7, 11) is 0. The number of aliphatic carboxylic acids is 1. The molecule has 0 bridgehead atoms. The molecule has 1 aromatic rings. The normalized spacial score (nSPS) is 13.8. The maximum Gasteiger partial charge on any atom is 0.308 e. The zero-order chi connectivity index (χ0) is 13.9. The van der Waals surface area contributed by atoms with Crippen molar-refractivity contribution in [1.29, 1.82) is 0 Å². The van der Waals surface area contributed by atoms with Crippen LogP contribution < -0.4 is 5.32 Å². The predicted octanol–water partition coefficient (Wildman–Crippen LogP) is 1.88. The van der Waals surface area contributed by atoms with Gasteiger partial charge in [0.1, 0.15) is 0 Å². The molecule has 0 aromatic carbocycles. The zero-order valence-corrected chi connectivity index (χ0v) is 11.2. The molecule has 5 nitrogen and oxygen atoms in total. The lowest BCUT2D eigenvalue weighted by Crippen LogP contribution is -2.40. The van der Waals surface area contributed by atoms with Crippen molar-refractivity contribution in [3.05, 3.63) is 28.5 Å². The van der Waals surface area contributed by atoms with Crippen LogP contribution in [0.1, 0.15) is 29.9 Å². The molecule has 2 unspecified atom stereocenters. The van der Waals surface area contributed by atoms with Crippen LogP contribution in [0.3, 0.4) is 0 Å². The second-order valence-corrected chi connectivity index (χ2v) is 4.60. The monoisotopic (exact) mass is 270 g/mol. The smallest absolute Gasteiger partial charge is 0.308 e. The highest BCUT2D eigenvalue weighted by Gasteiger charge is 2.22. The molecule has 0 aliphatic rings. The number of amides is 1. The molecule has 1 amide bonds. The van der Waals surface area contributed by atoms with E-state index in [9.17, 15) is 9.59 Å². The first-order valence-electron chi connectivity index (χ1n) is 5.48. The Labute approximate surface area is 110 Å². The van der Waals surface area contributed by atoms with E-state index < -0.39 is 23.8 Å². The summed E-state index contributed by atoms with van der Waals surface area (Å²) >= 11 is 5.93. The highest BCUT2D eigenvalue weighted by molar-refractivity contribution is 6.33. The largest absolute Gasteiger partial charge is 0.481 e. The fourth-order valence-electron chi connectivity index (χ4n) is 1.32. The average Bonchev–Trinajstić information content (AvgIpc) is 2.27. The van der Waals surface area contributed by atoms with Crippen molar-refractivity contribution in [2.75, 3.05) is 0 Å². The Morgan fingerprint density at radius 2 is 2.06 bits per heavy atom. The van der Waals surface area contributed by atoms with Crippen LogP contribution in [0, 0.1) is 12.8 Å². The van der Waals surface area contributed by atoms with Crippen molar-refractivity contribution in [2.45, 2.75) is 26.8 Å². The molecule has 0 fully saturated rings. The summed E-state index contributed by atoms with van der Waals surface area (Å²) in [6.45, 7) is 4.93. The molecule has 2 atom stereocenters. The van der Waals surface area contributed by atoms with Gasteiger partial charge in [0.15, 0.2) is 0 Å². The van der Waals surface area contributed by atoms with Gasteiger partial charge in [-0.15, -0.1) is 0 Å². The van der Waals surface area contributed by atoms with E-state index in [0.717, 1.165) is 0 Å². The number of hydrogen-bond donors (Lipinski definition) is 2. The average molecular weight is 271 g/mol. The highest BCUT2D eigenvalue weighted by Crippen LogP contribution is 2.16. The molecule has 1 rings (SSSR count). The first-order valence-corrected chi connectivity index (χ1v) is 5.86. The van der Waals surface area contributed by atoms with Gasteiger partial charge >= 0.3 is 5.97 Å². The molecule has 0 radical (unpaired) electrons. The topological polar surface area (TPSA) is 79.3 Å². The molecule has 0 aliphatic heterocycles. The van der Waals surface area contributed by atoms with E-state index in [0.29, 0.717) is 10.7 Å². The Hall–Kier alpha value is -1.62. The van der Waals surface area contributed by atoms with E-state index in [1.807, 2.05) is 0 Å². The number of halogens is 1. The molecule has 0 spiro atoms. The third kappa shape index (κ3) is 3.43. The minimum absolute atomic E-state index is 0.242. The minimum Gasteiger partial charge on any atom is -0.481 e. The third-order valence-electron chi connectivity index (χ3n) is 2.73. The quantitative estimate of drug-likeness (QED) is 0.875. The van der Waals surface area contributed by atoms with Crippen LogP contribution in [0.2, 0.25) is 5.02 Å². The molecule has 0 saturated heterocycles. The predicted molar refractivity (Wildman–Crippen MR) is 67.7 cm³/mol. The summed E-state index contributed by atoms with van der Waals surface area (Å²) in [5.74, 6) is -2.06. The summed E-state index contributed by atoms with van der Waals surface area (Å²) in [6.07, 6.45) is 1.38. The van der Waals surface area contributed by atoms with Gasteiger partial charge < -0.3 is 10.4 Å². The number of hydrogen-bond acceptors (Lipinski definition) is 3. The van der Waals surface area contributed by atoms with E-state index in [1.165, 1.54) is 13.1 Å². The number of nitrogens with one attached hydrogen (secondary N) is 1. The highest BCUT2D eigenvalue weighted by atomic mass is 35.5. The molecular formula is C12H15ClN2O3. The van der Waals surface area contributed by atoms with E-state index in [4.69, 9.17) is 16.7 Å². The van der Waals surface area contributed by atoms with Gasteiger partial charge in [0, 0.05) is 17.9 Å². The number of nitrogens with zero attached hydrogens (tertiary/aromatic N) is 1. The first-order chi connectivity index (χ1) is 8.32. The van der Waals surface area contributed by atoms with Gasteiger partial charge in [-0.3, -0.25) is 14.6 Å². The molecule has 1 aromatic heterocycles. The Morgan fingerprint density at radius 1 is 1.44 bits per heavy atom. The Kier molecular flexibility index (Phi) is 4.67. The fourth-order valence-corrected chi connectivity index (χ4v) is 1.61. The second-order valence-electron chi connectivity index (χ2n) is 4.19.